The molecule has 0 aliphatic heterocycles. The average Bonchev–Trinajstić information content (AvgIpc) is 2.90. The molecule has 1 aromatic heterocycles. The second-order valence-corrected chi connectivity index (χ2v) is 5.72. The number of aromatic nitrogens is 2. The standard InChI is InChI=1S/C15H20BrFN4/c1-3-10-8-11(21(4-2)20-10)9-14(19-18)12-6-5-7-13(16)15(12)17/h5-8,14,19H,3-4,9,18H2,1-2H3. The van der Waals surface area contributed by atoms with E-state index in [1.165, 1.54) is 0 Å². The first kappa shape index (κ1) is 16.1. The van der Waals surface area contributed by atoms with Gasteiger partial charge in [0.1, 0.15) is 5.82 Å². The number of hydrazine groups is 1. The van der Waals surface area contributed by atoms with Crippen LogP contribution < -0.4 is 11.3 Å². The fraction of sp³-hybridized carbons (Fsp3) is 0.400. The van der Waals surface area contributed by atoms with Gasteiger partial charge in [-0.1, -0.05) is 19.1 Å². The molecule has 0 saturated heterocycles. The maximum absolute atomic E-state index is 14.2. The van der Waals surface area contributed by atoms with Crippen LogP contribution in [0.15, 0.2) is 28.7 Å². The Morgan fingerprint density at radius 2 is 2.19 bits per heavy atom. The van der Waals surface area contributed by atoms with Crippen molar-refractivity contribution in [3.8, 4) is 0 Å². The van der Waals surface area contributed by atoms with Crippen molar-refractivity contribution in [2.75, 3.05) is 0 Å². The predicted octanol–water partition coefficient (Wildman–Crippen LogP) is 3.11. The van der Waals surface area contributed by atoms with E-state index >= 15 is 0 Å². The number of aryl methyl sites for hydroxylation is 2. The van der Waals surface area contributed by atoms with Crippen molar-refractivity contribution in [2.45, 2.75) is 39.3 Å². The van der Waals surface area contributed by atoms with Crippen LogP contribution in [0.1, 0.15) is 36.8 Å². The van der Waals surface area contributed by atoms with Crippen LogP contribution in [0.3, 0.4) is 0 Å². The highest BCUT2D eigenvalue weighted by Crippen LogP contribution is 2.26. The zero-order valence-electron chi connectivity index (χ0n) is 12.2. The van der Waals surface area contributed by atoms with Crippen molar-refractivity contribution >= 4 is 15.9 Å². The maximum Gasteiger partial charge on any atom is 0.142 e. The number of nitrogens with zero attached hydrogens (tertiary/aromatic N) is 2. The average molecular weight is 355 g/mol. The maximum atomic E-state index is 14.2. The molecule has 1 unspecified atom stereocenters. The van der Waals surface area contributed by atoms with E-state index < -0.39 is 0 Å². The van der Waals surface area contributed by atoms with Gasteiger partial charge < -0.3 is 0 Å². The molecule has 0 radical (unpaired) electrons. The van der Waals surface area contributed by atoms with Gasteiger partial charge in [-0.15, -0.1) is 0 Å². The summed E-state index contributed by atoms with van der Waals surface area (Å²) in [5.74, 6) is 5.36. The molecule has 1 aromatic carbocycles. The molecule has 1 atom stereocenters. The Morgan fingerprint density at radius 1 is 1.43 bits per heavy atom. The molecule has 0 bridgehead atoms. The van der Waals surface area contributed by atoms with Crippen molar-refractivity contribution in [2.24, 2.45) is 5.84 Å². The predicted molar refractivity (Wildman–Crippen MR) is 85.1 cm³/mol. The zero-order valence-corrected chi connectivity index (χ0v) is 13.8. The van der Waals surface area contributed by atoms with Crippen molar-refractivity contribution < 1.29 is 4.39 Å². The smallest absolute Gasteiger partial charge is 0.142 e. The summed E-state index contributed by atoms with van der Waals surface area (Å²) in [6.07, 6.45) is 1.47. The molecule has 0 aliphatic rings. The van der Waals surface area contributed by atoms with E-state index in [0.29, 0.717) is 16.5 Å². The molecule has 0 fully saturated rings. The number of rotatable bonds is 6. The van der Waals surface area contributed by atoms with Crippen molar-refractivity contribution in [1.82, 2.24) is 15.2 Å². The van der Waals surface area contributed by atoms with Gasteiger partial charge in [-0.3, -0.25) is 16.0 Å². The molecule has 6 heteroatoms. The van der Waals surface area contributed by atoms with Crippen molar-refractivity contribution in [1.29, 1.82) is 0 Å². The van der Waals surface area contributed by atoms with Crippen LogP contribution in [0, 0.1) is 5.82 Å². The fourth-order valence-corrected chi connectivity index (χ4v) is 2.76. The first-order chi connectivity index (χ1) is 10.1. The Kier molecular flexibility index (Phi) is 5.50. The topological polar surface area (TPSA) is 55.9 Å². The lowest BCUT2D eigenvalue weighted by Crippen LogP contribution is -2.31. The molecular formula is C15H20BrFN4. The van der Waals surface area contributed by atoms with Crippen LogP contribution in [0.5, 0.6) is 0 Å². The van der Waals surface area contributed by atoms with Crippen LogP contribution in [0.25, 0.3) is 0 Å². The Bertz CT molecular complexity index is 612. The van der Waals surface area contributed by atoms with E-state index in [1.54, 1.807) is 18.2 Å². The summed E-state index contributed by atoms with van der Waals surface area (Å²) < 4.78 is 16.6. The number of halogens is 2. The lowest BCUT2D eigenvalue weighted by Gasteiger charge is -2.18. The number of hydrogen-bond acceptors (Lipinski definition) is 3. The minimum atomic E-state index is -0.297. The number of nitrogens with two attached hydrogens (primary N) is 1. The molecule has 4 nitrogen and oxygen atoms in total. The molecule has 2 rings (SSSR count). The lowest BCUT2D eigenvalue weighted by molar-refractivity contribution is 0.488. The third-order valence-electron chi connectivity index (χ3n) is 3.55. The molecule has 1 heterocycles. The minimum Gasteiger partial charge on any atom is -0.271 e. The number of hydrogen-bond donors (Lipinski definition) is 2. The molecule has 0 saturated carbocycles. The third kappa shape index (κ3) is 3.51. The zero-order chi connectivity index (χ0) is 15.4. The summed E-state index contributed by atoms with van der Waals surface area (Å²) in [6, 6.07) is 7.00. The monoisotopic (exact) mass is 354 g/mol. The highest BCUT2D eigenvalue weighted by atomic mass is 79.9. The molecule has 21 heavy (non-hydrogen) atoms. The van der Waals surface area contributed by atoms with E-state index in [0.717, 1.165) is 24.4 Å². The number of benzene rings is 1. The highest BCUT2D eigenvalue weighted by molar-refractivity contribution is 9.10. The Morgan fingerprint density at radius 3 is 2.81 bits per heavy atom. The summed E-state index contributed by atoms with van der Waals surface area (Å²) in [7, 11) is 0. The summed E-state index contributed by atoms with van der Waals surface area (Å²) in [5.41, 5.74) is 5.35. The van der Waals surface area contributed by atoms with Crippen molar-refractivity contribution in [3.05, 3.63) is 51.5 Å². The van der Waals surface area contributed by atoms with Gasteiger partial charge in [0.15, 0.2) is 0 Å². The summed E-state index contributed by atoms with van der Waals surface area (Å²) in [5, 5.41) is 4.51. The van der Waals surface area contributed by atoms with Gasteiger partial charge in [-0.2, -0.15) is 5.10 Å². The van der Waals surface area contributed by atoms with E-state index in [9.17, 15) is 4.39 Å². The first-order valence-electron chi connectivity index (χ1n) is 7.06. The summed E-state index contributed by atoms with van der Waals surface area (Å²) in [4.78, 5) is 0. The quantitative estimate of drug-likeness (QED) is 0.618. The van der Waals surface area contributed by atoms with Gasteiger partial charge >= 0.3 is 0 Å². The molecule has 0 spiro atoms. The molecule has 114 valence electrons. The van der Waals surface area contributed by atoms with E-state index in [1.807, 2.05) is 11.6 Å². The Hall–Kier alpha value is -1.24. The summed E-state index contributed by atoms with van der Waals surface area (Å²) in [6.45, 7) is 4.90. The molecule has 3 N–H and O–H groups in total. The molecule has 2 aromatic rings. The lowest BCUT2D eigenvalue weighted by atomic mass is 10.0. The SMILES string of the molecule is CCc1cc(CC(NN)c2cccc(Br)c2F)n(CC)n1. The van der Waals surface area contributed by atoms with Crippen LogP contribution >= 0.6 is 15.9 Å². The molecule has 0 aliphatic carbocycles. The van der Waals surface area contributed by atoms with Gasteiger partial charge in [0, 0.05) is 24.2 Å². The van der Waals surface area contributed by atoms with E-state index in [-0.39, 0.29) is 11.9 Å². The van der Waals surface area contributed by atoms with Crippen molar-refractivity contribution in [3.63, 3.8) is 0 Å². The first-order valence-corrected chi connectivity index (χ1v) is 7.85. The van der Waals surface area contributed by atoms with Crippen LogP contribution in [0.2, 0.25) is 0 Å². The molecular weight excluding hydrogens is 335 g/mol. The fourth-order valence-electron chi connectivity index (χ4n) is 2.38. The van der Waals surface area contributed by atoms with Gasteiger partial charge in [0.05, 0.1) is 16.2 Å². The summed E-state index contributed by atoms with van der Waals surface area (Å²) >= 11 is 3.21. The van der Waals surface area contributed by atoms with Gasteiger partial charge in [0.25, 0.3) is 0 Å². The molecule has 0 amide bonds. The highest BCUT2D eigenvalue weighted by Gasteiger charge is 2.19. The van der Waals surface area contributed by atoms with E-state index in [2.05, 4.69) is 39.4 Å². The normalized spacial score (nSPS) is 12.6. The van der Waals surface area contributed by atoms with Gasteiger partial charge in [-0.25, -0.2) is 4.39 Å². The second-order valence-electron chi connectivity index (χ2n) is 4.86. The largest absolute Gasteiger partial charge is 0.271 e. The van der Waals surface area contributed by atoms with Crippen LogP contribution in [0.4, 0.5) is 4.39 Å². The van der Waals surface area contributed by atoms with Crippen LogP contribution in [-0.4, -0.2) is 9.78 Å². The van der Waals surface area contributed by atoms with E-state index in [4.69, 9.17) is 5.84 Å². The second kappa shape index (κ2) is 7.15. The minimum absolute atomic E-state index is 0.279. The Balaban J connectivity index is 2.31. The van der Waals surface area contributed by atoms with Gasteiger partial charge in [0.2, 0.25) is 0 Å². The van der Waals surface area contributed by atoms with Crippen LogP contribution in [-0.2, 0) is 19.4 Å². The number of nitrogens with one attached hydrogen (secondary N) is 1. The van der Waals surface area contributed by atoms with Gasteiger partial charge in [-0.05, 0) is 41.4 Å². The Labute approximate surface area is 132 Å². The third-order valence-corrected chi connectivity index (χ3v) is 4.16.